The predicted octanol–water partition coefficient (Wildman–Crippen LogP) is 2.88. The maximum atomic E-state index is 12.1. The van der Waals surface area contributed by atoms with Gasteiger partial charge in [-0.05, 0) is 37.8 Å². The van der Waals surface area contributed by atoms with E-state index in [0.29, 0.717) is 18.9 Å². The van der Waals surface area contributed by atoms with Crippen LogP contribution >= 0.6 is 0 Å². The molecule has 0 saturated carbocycles. The van der Waals surface area contributed by atoms with Crippen LogP contribution in [0.5, 0.6) is 0 Å². The van der Waals surface area contributed by atoms with Gasteiger partial charge < -0.3 is 4.90 Å². The quantitative estimate of drug-likeness (QED) is 0.749. The minimum absolute atomic E-state index is 0.115. The predicted molar refractivity (Wildman–Crippen MR) is 59.7 cm³/mol. The fourth-order valence-electron chi connectivity index (χ4n) is 2.10. The monoisotopic (exact) mass is 251 g/mol. The van der Waals surface area contributed by atoms with Crippen molar-refractivity contribution in [2.24, 2.45) is 11.8 Å². The van der Waals surface area contributed by atoms with Crippen molar-refractivity contribution in [1.82, 2.24) is 4.90 Å². The second-order valence-electron chi connectivity index (χ2n) is 5.26. The Hall–Kier alpha value is -0.580. The van der Waals surface area contributed by atoms with Gasteiger partial charge in [0, 0.05) is 13.0 Å². The van der Waals surface area contributed by atoms with Crippen LogP contribution in [0, 0.1) is 11.8 Å². The van der Waals surface area contributed by atoms with Gasteiger partial charge in [-0.1, -0.05) is 13.8 Å². The number of rotatable bonds is 5. The van der Waals surface area contributed by atoms with E-state index in [1.807, 2.05) is 0 Å². The summed E-state index contributed by atoms with van der Waals surface area (Å²) in [5.74, 6) is -1.09. The lowest BCUT2D eigenvalue weighted by Crippen LogP contribution is -2.27. The van der Waals surface area contributed by atoms with E-state index in [0.717, 1.165) is 19.5 Å². The van der Waals surface area contributed by atoms with Crippen LogP contribution in [-0.2, 0) is 4.79 Å². The fraction of sp³-hybridized carbons (Fsp3) is 0.917. The van der Waals surface area contributed by atoms with Crippen LogP contribution in [0.3, 0.4) is 0 Å². The van der Waals surface area contributed by atoms with E-state index >= 15 is 0 Å². The van der Waals surface area contributed by atoms with Crippen molar-refractivity contribution in [2.45, 2.75) is 39.3 Å². The summed E-state index contributed by atoms with van der Waals surface area (Å²) in [7, 11) is 0. The lowest BCUT2D eigenvalue weighted by atomic mass is 10.0. The first-order chi connectivity index (χ1) is 7.79. The van der Waals surface area contributed by atoms with Crippen molar-refractivity contribution >= 4 is 5.78 Å². The molecule has 0 aromatic carbocycles. The molecule has 1 rings (SSSR count). The summed E-state index contributed by atoms with van der Waals surface area (Å²) in [4.78, 5) is 13.0. The van der Waals surface area contributed by atoms with Crippen LogP contribution in [0.1, 0.15) is 33.1 Å². The highest BCUT2D eigenvalue weighted by Crippen LogP contribution is 2.26. The maximum Gasteiger partial charge on any atom is 0.449 e. The van der Waals surface area contributed by atoms with Gasteiger partial charge in [0.25, 0.3) is 0 Å². The van der Waals surface area contributed by atoms with Crippen LogP contribution in [0.2, 0.25) is 0 Å². The summed E-state index contributed by atoms with van der Waals surface area (Å²) in [6.45, 7) is 6.63. The number of halogens is 3. The van der Waals surface area contributed by atoms with Gasteiger partial charge in [-0.25, -0.2) is 0 Å². The molecule has 0 amide bonds. The molecule has 0 aromatic heterocycles. The molecule has 1 unspecified atom stereocenters. The van der Waals surface area contributed by atoms with E-state index in [1.54, 1.807) is 0 Å². The molecule has 1 aliphatic heterocycles. The molecule has 0 bridgehead atoms. The van der Waals surface area contributed by atoms with Gasteiger partial charge in [-0.3, -0.25) is 4.79 Å². The van der Waals surface area contributed by atoms with Crippen molar-refractivity contribution in [1.29, 1.82) is 0 Å². The summed E-state index contributed by atoms with van der Waals surface area (Å²) >= 11 is 0. The lowest BCUT2D eigenvalue weighted by molar-refractivity contribution is -0.172. The van der Waals surface area contributed by atoms with Gasteiger partial charge >= 0.3 is 6.18 Å². The second kappa shape index (κ2) is 5.85. The van der Waals surface area contributed by atoms with Gasteiger partial charge in [0.15, 0.2) is 0 Å². The highest BCUT2D eigenvalue weighted by molar-refractivity contribution is 5.84. The third kappa shape index (κ3) is 5.06. The first kappa shape index (κ1) is 14.5. The number of alkyl halides is 3. The molecule has 1 aliphatic rings. The zero-order valence-electron chi connectivity index (χ0n) is 10.4. The molecular formula is C12H20F3NO. The molecule has 100 valence electrons. The highest BCUT2D eigenvalue weighted by atomic mass is 19.4. The number of nitrogens with zero attached hydrogens (tertiary/aromatic N) is 1. The molecule has 5 heteroatoms. The Kier molecular flexibility index (Phi) is 4.98. The minimum atomic E-state index is -4.66. The van der Waals surface area contributed by atoms with Crippen LogP contribution in [0.25, 0.3) is 0 Å². The van der Waals surface area contributed by atoms with E-state index in [9.17, 15) is 18.0 Å². The first-order valence-electron chi connectivity index (χ1n) is 6.11. The van der Waals surface area contributed by atoms with Crippen LogP contribution in [0.4, 0.5) is 13.2 Å². The number of carbonyl (C=O) groups is 1. The molecule has 1 heterocycles. The molecule has 0 radical (unpaired) electrons. The van der Waals surface area contributed by atoms with Gasteiger partial charge in [-0.15, -0.1) is 0 Å². The molecule has 17 heavy (non-hydrogen) atoms. The SMILES string of the molecule is CC(C)CCN1CCC(CC(=O)C(F)(F)F)C1. The zero-order valence-corrected chi connectivity index (χ0v) is 10.4. The van der Waals surface area contributed by atoms with Gasteiger partial charge in [0.2, 0.25) is 5.78 Å². The Balaban J connectivity index is 2.29. The smallest absolute Gasteiger partial charge is 0.303 e. The standard InChI is InChI=1S/C12H20F3NO/c1-9(2)3-5-16-6-4-10(8-16)7-11(17)12(13,14)15/h9-10H,3-8H2,1-2H3. The molecule has 2 nitrogen and oxygen atoms in total. The Morgan fingerprint density at radius 2 is 2.06 bits per heavy atom. The Morgan fingerprint density at radius 3 is 2.59 bits per heavy atom. The maximum absolute atomic E-state index is 12.1. The molecular weight excluding hydrogens is 231 g/mol. The van der Waals surface area contributed by atoms with Crippen molar-refractivity contribution in [3.05, 3.63) is 0 Å². The number of ketones is 1. The third-order valence-electron chi connectivity index (χ3n) is 3.18. The van der Waals surface area contributed by atoms with Crippen molar-refractivity contribution in [3.63, 3.8) is 0 Å². The van der Waals surface area contributed by atoms with Gasteiger partial charge in [0.05, 0.1) is 0 Å². The Morgan fingerprint density at radius 1 is 1.41 bits per heavy atom. The molecule has 0 N–H and O–H groups in total. The van der Waals surface area contributed by atoms with Gasteiger partial charge in [-0.2, -0.15) is 13.2 Å². The number of hydrogen-bond donors (Lipinski definition) is 0. The van der Waals surface area contributed by atoms with E-state index in [4.69, 9.17) is 0 Å². The van der Waals surface area contributed by atoms with Crippen LogP contribution in [-0.4, -0.2) is 36.5 Å². The average molecular weight is 251 g/mol. The highest BCUT2D eigenvalue weighted by Gasteiger charge is 2.40. The summed E-state index contributed by atoms with van der Waals surface area (Å²) in [5.41, 5.74) is 0. The molecule has 0 aromatic rings. The van der Waals surface area contributed by atoms with Crippen molar-refractivity contribution < 1.29 is 18.0 Å². The fourth-order valence-corrected chi connectivity index (χ4v) is 2.10. The number of likely N-dealkylation sites (tertiary alicyclic amines) is 1. The number of Topliss-reactive ketones (excluding diaryl/α,β-unsaturated/α-hetero) is 1. The minimum Gasteiger partial charge on any atom is -0.303 e. The lowest BCUT2D eigenvalue weighted by Gasteiger charge is -2.17. The molecule has 1 fully saturated rings. The normalized spacial score (nSPS) is 22.4. The summed E-state index contributed by atoms with van der Waals surface area (Å²) in [6.07, 6.45) is -3.24. The van der Waals surface area contributed by atoms with E-state index in [1.165, 1.54) is 0 Å². The van der Waals surface area contributed by atoms with Crippen molar-refractivity contribution in [3.8, 4) is 0 Å². The van der Waals surface area contributed by atoms with E-state index in [-0.39, 0.29) is 12.3 Å². The summed E-state index contributed by atoms with van der Waals surface area (Å²) < 4.78 is 36.3. The second-order valence-corrected chi connectivity index (χ2v) is 5.26. The number of carbonyl (C=O) groups excluding carboxylic acids is 1. The average Bonchev–Trinajstić information content (AvgIpc) is 2.61. The van der Waals surface area contributed by atoms with Crippen molar-refractivity contribution in [2.75, 3.05) is 19.6 Å². The Bertz CT molecular complexity index is 263. The molecule has 1 atom stereocenters. The molecule has 0 spiro atoms. The van der Waals surface area contributed by atoms with E-state index < -0.39 is 12.0 Å². The summed E-state index contributed by atoms with van der Waals surface area (Å²) in [5, 5.41) is 0. The van der Waals surface area contributed by atoms with E-state index in [2.05, 4.69) is 18.7 Å². The first-order valence-corrected chi connectivity index (χ1v) is 6.11. The molecule has 1 saturated heterocycles. The van der Waals surface area contributed by atoms with Crippen LogP contribution < -0.4 is 0 Å². The Labute approximate surface area is 100 Å². The number of hydrogen-bond acceptors (Lipinski definition) is 2. The topological polar surface area (TPSA) is 20.3 Å². The molecule has 0 aliphatic carbocycles. The van der Waals surface area contributed by atoms with Gasteiger partial charge in [0.1, 0.15) is 0 Å². The third-order valence-corrected chi connectivity index (χ3v) is 3.18. The summed E-state index contributed by atoms with van der Waals surface area (Å²) in [6, 6.07) is 0. The van der Waals surface area contributed by atoms with Crippen LogP contribution in [0.15, 0.2) is 0 Å². The largest absolute Gasteiger partial charge is 0.449 e. The zero-order chi connectivity index (χ0) is 13.1.